The lowest BCUT2D eigenvalue weighted by Crippen LogP contribution is -2.46. The van der Waals surface area contributed by atoms with Crippen LogP contribution >= 0.6 is 0 Å². The van der Waals surface area contributed by atoms with Gasteiger partial charge in [0.05, 0.1) is 11.4 Å². The number of aromatic nitrogens is 1. The fraction of sp³-hybridized carbons (Fsp3) is 0.289. The minimum absolute atomic E-state index is 0.0894. The van der Waals surface area contributed by atoms with Crippen molar-refractivity contribution in [1.29, 1.82) is 0 Å². The van der Waals surface area contributed by atoms with Crippen molar-refractivity contribution in [2.75, 3.05) is 67.3 Å². The van der Waals surface area contributed by atoms with Gasteiger partial charge in [-0.15, -0.1) is 0 Å². The predicted octanol–water partition coefficient (Wildman–Crippen LogP) is 5.54. The van der Waals surface area contributed by atoms with Gasteiger partial charge in [-0.05, 0) is 90.3 Å². The van der Waals surface area contributed by atoms with E-state index in [2.05, 4.69) is 33.9 Å². The van der Waals surface area contributed by atoms with E-state index in [9.17, 15) is 14.4 Å². The molecule has 3 aromatic carbocycles. The van der Waals surface area contributed by atoms with E-state index in [-0.39, 0.29) is 17.4 Å². The second kappa shape index (κ2) is 14.5. The van der Waals surface area contributed by atoms with E-state index in [1.165, 1.54) is 6.08 Å². The number of benzene rings is 3. The Labute approximate surface area is 277 Å². The molecule has 1 aliphatic heterocycles. The SMILES string of the molecule is C=CC(=O)Nc1cc(Cc2cc(-c3cccc(NC(=O)c4ccc(N(C)C)cc4)c3C)cn(C)c2=O)ccc1N1CCN(CC)CC1. The first-order valence-corrected chi connectivity index (χ1v) is 16.0. The van der Waals surface area contributed by atoms with Crippen molar-refractivity contribution in [3.05, 3.63) is 118 Å². The Morgan fingerprint density at radius 2 is 1.66 bits per heavy atom. The molecule has 4 aromatic rings. The van der Waals surface area contributed by atoms with E-state index in [1.807, 2.05) is 98.8 Å². The average Bonchev–Trinajstić information content (AvgIpc) is 3.07. The number of pyridine rings is 1. The fourth-order valence-corrected chi connectivity index (χ4v) is 6.02. The molecular weight excluding hydrogens is 588 g/mol. The van der Waals surface area contributed by atoms with Crippen molar-refractivity contribution in [3.63, 3.8) is 0 Å². The molecule has 2 heterocycles. The van der Waals surface area contributed by atoms with Crippen LogP contribution in [0, 0.1) is 6.92 Å². The Morgan fingerprint density at radius 1 is 0.936 bits per heavy atom. The average molecular weight is 633 g/mol. The lowest BCUT2D eigenvalue weighted by atomic mass is 9.97. The first kappa shape index (κ1) is 33.2. The Bertz CT molecular complexity index is 1840. The Balaban J connectivity index is 1.42. The number of aryl methyl sites for hydroxylation is 1. The second-order valence-corrected chi connectivity index (χ2v) is 12.2. The minimum atomic E-state index is -0.276. The number of piperazine rings is 1. The maximum atomic E-state index is 13.4. The van der Waals surface area contributed by atoms with Gasteiger partial charge in [0.15, 0.2) is 0 Å². The van der Waals surface area contributed by atoms with Gasteiger partial charge in [0.25, 0.3) is 11.5 Å². The van der Waals surface area contributed by atoms with E-state index in [4.69, 9.17) is 0 Å². The molecule has 1 fully saturated rings. The van der Waals surface area contributed by atoms with Crippen LogP contribution < -0.4 is 26.0 Å². The summed E-state index contributed by atoms with van der Waals surface area (Å²) in [6.07, 6.45) is 3.48. The normalized spacial score (nSPS) is 13.3. The number of carbonyl (C=O) groups is 2. The number of nitrogens with zero attached hydrogens (tertiary/aromatic N) is 4. The van der Waals surface area contributed by atoms with Crippen LogP contribution in [0.1, 0.15) is 34.0 Å². The molecule has 9 nitrogen and oxygen atoms in total. The van der Waals surface area contributed by atoms with Crippen molar-refractivity contribution >= 4 is 34.6 Å². The molecule has 0 saturated carbocycles. The van der Waals surface area contributed by atoms with E-state index >= 15 is 0 Å². The van der Waals surface area contributed by atoms with Gasteiger partial charge in [-0.2, -0.15) is 0 Å². The second-order valence-electron chi connectivity index (χ2n) is 12.2. The van der Waals surface area contributed by atoms with Crippen LogP contribution in [0.25, 0.3) is 11.1 Å². The molecule has 1 aromatic heterocycles. The van der Waals surface area contributed by atoms with Gasteiger partial charge in [0.1, 0.15) is 0 Å². The Kier molecular flexibility index (Phi) is 10.3. The van der Waals surface area contributed by atoms with Crippen LogP contribution in [0.5, 0.6) is 0 Å². The maximum Gasteiger partial charge on any atom is 0.255 e. The first-order chi connectivity index (χ1) is 22.6. The van der Waals surface area contributed by atoms with E-state index in [0.717, 1.165) is 66.4 Å². The zero-order valence-electron chi connectivity index (χ0n) is 28.0. The summed E-state index contributed by atoms with van der Waals surface area (Å²) in [6.45, 7) is 12.4. The van der Waals surface area contributed by atoms with Crippen LogP contribution in [0.2, 0.25) is 0 Å². The van der Waals surface area contributed by atoms with Crippen LogP contribution in [-0.4, -0.2) is 68.1 Å². The Morgan fingerprint density at radius 3 is 2.32 bits per heavy atom. The summed E-state index contributed by atoms with van der Waals surface area (Å²) in [7, 11) is 5.67. The molecule has 0 aliphatic carbocycles. The van der Waals surface area contributed by atoms with Crippen LogP contribution in [0.15, 0.2) is 90.4 Å². The molecule has 2 amide bonds. The van der Waals surface area contributed by atoms with Gasteiger partial charge in [0, 0.05) is 82.4 Å². The summed E-state index contributed by atoms with van der Waals surface area (Å²) in [6, 6.07) is 21.2. The molecule has 5 rings (SSSR count). The van der Waals surface area contributed by atoms with Gasteiger partial charge < -0.3 is 29.9 Å². The molecule has 0 spiro atoms. The Hall–Kier alpha value is -5.15. The highest BCUT2D eigenvalue weighted by Crippen LogP contribution is 2.31. The highest BCUT2D eigenvalue weighted by molar-refractivity contribution is 6.05. The molecule has 2 N–H and O–H groups in total. The van der Waals surface area contributed by atoms with Crippen LogP contribution in [0.4, 0.5) is 22.7 Å². The summed E-state index contributed by atoms with van der Waals surface area (Å²) in [4.78, 5) is 45.6. The van der Waals surface area contributed by atoms with Gasteiger partial charge in [-0.3, -0.25) is 14.4 Å². The highest BCUT2D eigenvalue weighted by atomic mass is 16.2. The third-order valence-electron chi connectivity index (χ3n) is 8.86. The topological polar surface area (TPSA) is 89.9 Å². The number of likely N-dealkylation sites (N-methyl/N-ethyl adjacent to an activating group) is 1. The zero-order chi connectivity index (χ0) is 33.7. The van der Waals surface area contributed by atoms with Crippen molar-refractivity contribution < 1.29 is 9.59 Å². The summed E-state index contributed by atoms with van der Waals surface area (Å²) in [5.74, 6) is -0.465. The summed E-state index contributed by atoms with van der Waals surface area (Å²) in [5.41, 5.74) is 8.11. The largest absolute Gasteiger partial charge is 0.378 e. The smallest absolute Gasteiger partial charge is 0.255 e. The lowest BCUT2D eigenvalue weighted by molar-refractivity contribution is -0.111. The van der Waals surface area contributed by atoms with Crippen molar-refractivity contribution in [1.82, 2.24) is 9.47 Å². The molecular formula is C38H44N6O3. The molecule has 47 heavy (non-hydrogen) atoms. The summed E-state index contributed by atoms with van der Waals surface area (Å²) in [5, 5.41) is 6.05. The molecule has 244 valence electrons. The first-order valence-electron chi connectivity index (χ1n) is 16.0. The standard InChI is InChI=1S/C38H44N6O3/c1-7-36(45)39-34-23-27(12-17-35(34)44-20-18-43(8-2)19-21-44)22-29-24-30(25-42(6)38(29)47)32-10-9-11-33(26(32)3)40-37(46)28-13-15-31(16-14-28)41(4)5/h7,9-17,23-25H,1,8,18-22H2,2-6H3,(H,39,45)(H,40,46). The molecule has 9 heteroatoms. The third kappa shape index (κ3) is 7.64. The van der Waals surface area contributed by atoms with Crippen molar-refractivity contribution in [3.8, 4) is 11.1 Å². The number of hydrogen-bond acceptors (Lipinski definition) is 6. The number of amides is 2. The third-order valence-corrected chi connectivity index (χ3v) is 8.86. The summed E-state index contributed by atoms with van der Waals surface area (Å²) < 4.78 is 1.60. The molecule has 0 unspecified atom stereocenters. The van der Waals surface area contributed by atoms with E-state index < -0.39 is 0 Å². The number of rotatable bonds is 10. The molecule has 1 aliphatic rings. The molecule has 0 radical (unpaired) electrons. The van der Waals surface area contributed by atoms with E-state index in [1.54, 1.807) is 11.6 Å². The van der Waals surface area contributed by atoms with Crippen molar-refractivity contribution in [2.24, 2.45) is 7.05 Å². The van der Waals surface area contributed by atoms with Gasteiger partial charge >= 0.3 is 0 Å². The molecule has 0 atom stereocenters. The zero-order valence-corrected chi connectivity index (χ0v) is 28.0. The monoisotopic (exact) mass is 632 g/mol. The fourth-order valence-electron chi connectivity index (χ4n) is 6.02. The maximum absolute atomic E-state index is 13.4. The van der Waals surface area contributed by atoms with E-state index in [0.29, 0.717) is 28.9 Å². The highest BCUT2D eigenvalue weighted by Gasteiger charge is 2.20. The predicted molar refractivity (Wildman–Crippen MR) is 193 cm³/mol. The lowest BCUT2D eigenvalue weighted by Gasteiger charge is -2.36. The number of nitrogens with one attached hydrogen (secondary N) is 2. The quantitative estimate of drug-likeness (QED) is 0.224. The molecule has 1 saturated heterocycles. The molecule has 0 bridgehead atoms. The van der Waals surface area contributed by atoms with Crippen LogP contribution in [-0.2, 0) is 18.3 Å². The summed E-state index contributed by atoms with van der Waals surface area (Å²) >= 11 is 0. The number of hydrogen-bond donors (Lipinski definition) is 2. The van der Waals surface area contributed by atoms with Gasteiger partial charge in [0.2, 0.25) is 5.91 Å². The van der Waals surface area contributed by atoms with Crippen LogP contribution in [0.3, 0.4) is 0 Å². The minimum Gasteiger partial charge on any atom is -0.378 e. The number of anilines is 4. The van der Waals surface area contributed by atoms with Gasteiger partial charge in [-0.1, -0.05) is 31.7 Å². The number of carbonyl (C=O) groups excluding carboxylic acids is 2. The van der Waals surface area contributed by atoms with Crippen molar-refractivity contribution in [2.45, 2.75) is 20.3 Å². The van der Waals surface area contributed by atoms with Gasteiger partial charge in [-0.25, -0.2) is 0 Å².